The minimum absolute atomic E-state index is 0.0305. The minimum atomic E-state index is -2.17. The van der Waals surface area contributed by atoms with Gasteiger partial charge in [0.15, 0.2) is 0 Å². The number of oxime groups is 1. The Morgan fingerprint density at radius 3 is 1.27 bits per heavy atom. The van der Waals surface area contributed by atoms with Gasteiger partial charge in [-0.1, -0.05) is 90.1 Å². The molecule has 4 aromatic rings. The lowest BCUT2D eigenvalue weighted by atomic mass is 10.1. The Bertz CT molecular complexity index is 1000. The van der Waals surface area contributed by atoms with Gasteiger partial charge >= 0.3 is 0 Å². The lowest BCUT2D eigenvalue weighted by molar-refractivity contribution is 0.318. The first-order chi connectivity index (χ1) is 14.8. The molecule has 2 nitrogen and oxygen atoms in total. The van der Waals surface area contributed by atoms with Gasteiger partial charge in [-0.25, -0.2) is 0 Å². The number of hydrogen-bond acceptors (Lipinski definition) is 2. The molecule has 0 aliphatic rings. The van der Waals surface area contributed by atoms with Crippen LogP contribution in [0.15, 0.2) is 126 Å². The smallest absolute Gasteiger partial charge is 0.128 e. The third kappa shape index (κ3) is 3.56. The van der Waals surface area contributed by atoms with Crippen LogP contribution in [0.3, 0.4) is 0 Å². The highest BCUT2D eigenvalue weighted by Gasteiger charge is 2.52. The van der Waals surface area contributed by atoms with Crippen LogP contribution >= 0.6 is 7.26 Å². The molecular formula is C27H25NOP+. The summed E-state index contributed by atoms with van der Waals surface area (Å²) in [5, 5.41) is 17.8. The molecule has 0 radical (unpaired) electrons. The third-order valence-corrected chi connectivity index (χ3v) is 10.4. The minimum Gasteiger partial charge on any atom is -0.411 e. The van der Waals surface area contributed by atoms with Gasteiger partial charge in [-0.15, -0.1) is 0 Å². The van der Waals surface area contributed by atoms with Crippen molar-refractivity contribution in [2.45, 2.75) is 12.6 Å². The van der Waals surface area contributed by atoms with E-state index in [0.717, 1.165) is 5.56 Å². The molecule has 0 saturated heterocycles. The van der Waals surface area contributed by atoms with Crippen molar-refractivity contribution in [3.8, 4) is 0 Å². The van der Waals surface area contributed by atoms with Crippen LogP contribution in [0.4, 0.5) is 0 Å². The van der Waals surface area contributed by atoms with Crippen molar-refractivity contribution in [1.82, 2.24) is 0 Å². The molecule has 3 heteroatoms. The van der Waals surface area contributed by atoms with E-state index in [4.69, 9.17) is 0 Å². The Labute approximate surface area is 178 Å². The van der Waals surface area contributed by atoms with Crippen LogP contribution in [-0.2, 0) is 0 Å². The zero-order chi connectivity index (χ0) is 20.8. The molecule has 0 fully saturated rings. The summed E-state index contributed by atoms with van der Waals surface area (Å²) in [7, 11) is -2.17. The molecule has 30 heavy (non-hydrogen) atoms. The quantitative estimate of drug-likeness (QED) is 0.200. The van der Waals surface area contributed by atoms with Gasteiger partial charge in [0, 0.05) is 5.56 Å². The summed E-state index contributed by atoms with van der Waals surface area (Å²) in [5.41, 5.74) is 1.62. The molecule has 0 amide bonds. The zero-order valence-electron chi connectivity index (χ0n) is 17.0. The maximum absolute atomic E-state index is 10.2. The van der Waals surface area contributed by atoms with Crippen LogP contribution in [0.5, 0.6) is 0 Å². The fourth-order valence-corrected chi connectivity index (χ4v) is 9.01. The lowest BCUT2D eigenvalue weighted by Gasteiger charge is -2.33. The van der Waals surface area contributed by atoms with Crippen molar-refractivity contribution < 1.29 is 5.21 Å². The summed E-state index contributed by atoms with van der Waals surface area (Å²) in [5.74, 6) is 0. The topological polar surface area (TPSA) is 32.6 Å². The Hall–Kier alpha value is -3.22. The largest absolute Gasteiger partial charge is 0.411 e. The van der Waals surface area contributed by atoms with Crippen LogP contribution in [0.1, 0.15) is 12.5 Å². The predicted molar refractivity (Wildman–Crippen MR) is 129 cm³/mol. The highest BCUT2D eigenvalue weighted by molar-refractivity contribution is 7.96. The van der Waals surface area contributed by atoms with E-state index in [1.54, 1.807) is 0 Å². The van der Waals surface area contributed by atoms with Gasteiger partial charge in [-0.05, 0) is 43.3 Å². The highest BCUT2D eigenvalue weighted by atomic mass is 31.2. The maximum atomic E-state index is 10.2. The second kappa shape index (κ2) is 9.07. The maximum Gasteiger partial charge on any atom is 0.128 e. The average molecular weight is 410 g/mol. The van der Waals surface area contributed by atoms with E-state index >= 15 is 0 Å². The monoisotopic (exact) mass is 410 g/mol. The van der Waals surface area contributed by atoms with Crippen molar-refractivity contribution in [2.75, 3.05) is 0 Å². The van der Waals surface area contributed by atoms with Gasteiger partial charge in [0.25, 0.3) is 0 Å². The van der Waals surface area contributed by atoms with E-state index in [0.29, 0.717) is 5.71 Å². The van der Waals surface area contributed by atoms with Crippen molar-refractivity contribution in [2.24, 2.45) is 5.16 Å². The first-order valence-electron chi connectivity index (χ1n) is 10.1. The number of benzene rings is 4. The van der Waals surface area contributed by atoms with E-state index in [1.165, 1.54) is 15.9 Å². The normalized spacial score (nSPS) is 13.0. The van der Waals surface area contributed by atoms with Gasteiger partial charge in [0.05, 0.1) is 0 Å². The van der Waals surface area contributed by atoms with Crippen LogP contribution in [0, 0.1) is 0 Å². The van der Waals surface area contributed by atoms with Gasteiger partial charge in [-0.3, -0.25) is 0 Å². The molecule has 4 rings (SSSR count). The number of hydrogen-bond donors (Lipinski definition) is 1. The van der Waals surface area contributed by atoms with Crippen LogP contribution < -0.4 is 15.9 Å². The second-order valence-electron chi connectivity index (χ2n) is 7.26. The van der Waals surface area contributed by atoms with E-state index < -0.39 is 7.26 Å². The van der Waals surface area contributed by atoms with Gasteiger partial charge in [0.1, 0.15) is 34.5 Å². The average Bonchev–Trinajstić information content (AvgIpc) is 2.83. The van der Waals surface area contributed by atoms with Crippen molar-refractivity contribution in [3.05, 3.63) is 127 Å². The Morgan fingerprint density at radius 2 is 0.933 bits per heavy atom. The summed E-state index contributed by atoms with van der Waals surface area (Å²) in [6.07, 6.45) is 0. The Balaban J connectivity index is 2.05. The molecule has 0 spiro atoms. The molecule has 0 aliphatic heterocycles. The molecule has 0 bridgehead atoms. The van der Waals surface area contributed by atoms with Crippen molar-refractivity contribution >= 4 is 28.9 Å². The standard InChI is InChI=1S/C27H24NOP/c1-22(27(28-29)23-14-6-2-7-15-23)30(24-16-8-3-9-17-24,25-18-10-4-11-19-25)26-20-12-5-13-21-26/h2-22H,1H3/p+1/b28-27-. The lowest BCUT2D eigenvalue weighted by Crippen LogP contribution is -2.41. The SMILES string of the molecule is CC(/C(=N/O)c1ccccc1)[P+](c1ccccc1)(c1ccccc1)c1ccccc1. The fourth-order valence-electron chi connectivity index (χ4n) is 4.28. The molecular weight excluding hydrogens is 385 g/mol. The van der Waals surface area contributed by atoms with Crippen molar-refractivity contribution in [3.63, 3.8) is 0 Å². The van der Waals surface area contributed by atoms with Gasteiger partial charge < -0.3 is 5.21 Å². The van der Waals surface area contributed by atoms with E-state index in [2.05, 4.69) is 103 Å². The number of nitrogens with zero attached hydrogens (tertiary/aromatic N) is 1. The van der Waals surface area contributed by atoms with Crippen molar-refractivity contribution in [1.29, 1.82) is 0 Å². The molecule has 1 unspecified atom stereocenters. The summed E-state index contributed by atoms with van der Waals surface area (Å²) in [6.45, 7) is 2.20. The molecule has 1 N–H and O–H groups in total. The van der Waals surface area contributed by atoms with E-state index in [-0.39, 0.29) is 5.66 Å². The van der Waals surface area contributed by atoms with Crippen LogP contribution in [-0.4, -0.2) is 16.6 Å². The Kier molecular flexibility index (Phi) is 6.07. The molecule has 0 aromatic heterocycles. The molecule has 4 aromatic carbocycles. The van der Waals surface area contributed by atoms with E-state index in [1.807, 2.05) is 30.3 Å². The summed E-state index contributed by atoms with van der Waals surface area (Å²) >= 11 is 0. The Morgan fingerprint density at radius 1 is 0.600 bits per heavy atom. The zero-order valence-corrected chi connectivity index (χ0v) is 17.9. The first kappa shape index (κ1) is 20.1. The number of rotatable bonds is 6. The van der Waals surface area contributed by atoms with Crippen LogP contribution in [0.25, 0.3) is 0 Å². The second-order valence-corrected chi connectivity index (χ2v) is 11.0. The highest BCUT2D eigenvalue weighted by Crippen LogP contribution is 2.60. The van der Waals surface area contributed by atoms with Crippen LogP contribution in [0.2, 0.25) is 0 Å². The summed E-state index contributed by atoms with van der Waals surface area (Å²) < 4.78 is 0. The fraction of sp³-hybridized carbons (Fsp3) is 0.0741. The van der Waals surface area contributed by atoms with Gasteiger partial charge in [0.2, 0.25) is 0 Å². The molecule has 0 saturated carbocycles. The first-order valence-corrected chi connectivity index (χ1v) is 12.0. The third-order valence-electron chi connectivity index (χ3n) is 5.64. The summed E-state index contributed by atoms with van der Waals surface area (Å²) in [4.78, 5) is 0. The molecule has 0 heterocycles. The molecule has 1 atom stereocenters. The van der Waals surface area contributed by atoms with E-state index in [9.17, 15) is 5.21 Å². The predicted octanol–water partition coefficient (Wildman–Crippen LogP) is 5.25. The summed E-state index contributed by atoms with van der Waals surface area (Å²) in [6, 6.07) is 42.0. The molecule has 0 aliphatic carbocycles. The van der Waals surface area contributed by atoms with Gasteiger partial charge in [-0.2, -0.15) is 0 Å². The molecule has 148 valence electrons.